The minimum atomic E-state index is -0.798. The molecule has 7 heteroatoms. The molecule has 1 unspecified atom stereocenters. The molecule has 0 aliphatic carbocycles. The number of carbonyl (C=O) groups is 1. The van der Waals surface area contributed by atoms with Crippen LogP contribution < -0.4 is 19.6 Å². The van der Waals surface area contributed by atoms with Gasteiger partial charge in [-0.15, -0.1) is 0 Å². The van der Waals surface area contributed by atoms with E-state index >= 15 is 0 Å². The van der Waals surface area contributed by atoms with E-state index in [0.29, 0.717) is 29.4 Å². The lowest BCUT2D eigenvalue weighted by molar-refractivity contribution is -0.130. The third-order valence-electron chi connectivity index (χ3n) is 4.43. The number of phenolic OH excluding ortho intramolecular Hbond substituents is 1. The molecule has 0 saturated heterocycles. The number of hydrazone groups is 1. The smallest absolute Gasteiger partial charge is 0.284 e. The normalized spacial score (nSPS) is 15.9. The van der Waals surface area contributed by atoms with Gasteiger partial charge in [-0.2, -0.15) is 5.10 Å². The first-order valence-electron chi connectivity index (χ1n) is 9.50. The maximum atomic E-state index is 12.4. The van der Waals surface area contributed by atoms with Crippen LogP contribution in [0.5, 0.6) is 23.0 Å². The number of rotatable bonds is 5. The number of benzene rings is 2. The first-order chi connectivity index (χ1) is 13.8. The summed E-state index contributed by atoms with van der Waals surface area (Å²) in [6.07, 6.45) is 0.670. The van der Waals surface area contributed by atoms with Crippen molar-refractivity contribution in [3.63, 3.8) is 0 Å². The Balaban J connectivity index is 1.64. The van der Waals surface area contributed by atoms with Gasteiger partial charge in [0.05, 0.1) is 12.8 Å². The Morgan fingerprint density at radius 2 is 2.07 bits per heavy atom. The average molecular weight is 398 g/mol. The molecule has 7 nitrogen and oxygen atoms in total. The summed E-state index contributed by atoms with van der Waals surface area (Å²) in [5, 5.41) is 13.7. The quantitative estimate of drug-likeness (QED) is 0.595. The summed E-state index contributed by atoms with van der Waals surface area (Å²) < 4.78 is 16.8. The molecule has 2 aromatic carbocycles. The molecule has 154 valence electrons. The number of ether oxygens (including phenoxy) is 3. The molecule has 29 heavy (non-hydrogen) atoms. The van der Waals surface area contributed by atoms with Crippen molar-refractivity contribution >= 4 is 12.1 Å². The van der Waals surface area contributed by atoms with Gasteiger partial charge in [0.25, 0.3) is 5.91 Å². The molecule has 0 bridgehead atoms. The Labute approximate surface area is 170 Å². The van der Waals surface area contributed by atoms with Gasteiger partial charge >= 0.3 is 0 Å². The van der Waals surface area contributed by atoms with Crippen molar-refractivity contribution in [3.8, 4) is 23.0 Å². The van der Waals surface area contributed by atoms with Crippen LogP contribution in [0.4, 0.5) is 0 Å². The van der Waals surface area contributed by atoms with E-state index in [9.17, 15) is 9.90 Å². The van der Waals surface area contributed by atoms with Crippen LogP contribution >= 0.6 is 0 Å². The van der Waals surface area contributed by atoms with Gasteiger partial charge in [0.2, 0.25) is 6.10 Å². The van der Waals surface area contributed by atoms with Crippen molar-refractivity contribution in [1.29, 1.82) is 0 Å². The minimum absolute atomic E-state index is 0.0393. The zero-order valence-corrected chi connectivity index (χ0v) is 17.1. The molecule has 1 aliphatic rings. The van der Waals surface area contributed by atoms with E-state index in [1.807, 2.05) is 25.1 Å². The molecule has 0 saturated carbocycles. The van der Waals surface area contributed by atoms with E-state index in [2.05, 4.69) is 31.3 Å². The maximum Gasteiger partial charge on any atom is 0.284 e. The second-order valence-electron chi connectivity index (χ2n) is 7.72. The number of hydrogen-bond donors (Lipinski definition) is 2. The summed E-state index contributed by atoms with van der Waals surface area (Å²) in [7, 11) is 0. The lowest BCUT2D eigenvalue weighted by Gasteiger charge is -2.27. The van der Waals surface area contributed by atoms with Crippen molar-refractivity contribution in [2.45, 2.75) is 39.2 Å². The Bertz CT molecular complexity index is 918. The lowest BCUT2D eigenvalue weighted by atomic mass is 9.87. The fraction of sp³-hybridized carbons (Fsp3) is 0.364. The van der Waals surface area contributed by atoms with Crippen LogP contribution in [0.25, 0.3) is 0 Å². The average Bonchev–Trinajstić information content (AvgIpc) is 2.69. The Hall–Kier alpha value is -3.22. The molecular weight excluding hydrogens is 372 g/mol. The third-order valence-corrected chi connectivity index (χ3v) is 4.43. The zero-order chi connectivity index (χ0) is 21.0. The van der Waals surface area contributed by atoms with Crippen LogP contribution in [0.3, 0.4) is 0 Å². The van der Waals surface area contributed by atoms with E-state index in [4.69, 9.17) is 14.2 Å². The topological polar surface area (TPSA) is 89.4 Å². The predicted octanol–water partition coefficient (Wildman–Crippen LogP) is 3.38. The Morgan fingerprint density at radius 1 is 1.28 bits per heavy atom. The predicted molar refractivity (Wildman–Crippen MR) is 110 cm³/mol. The van der Waals surface area contributed by atoms with Crippen molar-refractivity contribution in [3.05, 3.63) is 47.5 Å². The zero-order valence-electron chi connectivity index (χ0n) is 17.1. The number of amides is 1. The number of nitrogens with one attached hydrogen (secondary N) is 1. The molecule has 0 aromatic heterocycles. The number of hydrogen-bond acceptors (Lipinski definition) is 6. The van der Waals surface area contributed by atoms with Crippen molar-refractivity contribution in [1.82, 2.24) is 5.43 Å². The van der Waals surface area contributed by atoms with Crippen molar-refractivity contribution in [2.75, 3.05) is 13.2 Å². The number of fused-ring (bicyclic) bond motifs is 1. The molecule has 1 amide bonds. The van der Waals surface area contributed by atoms with Crippen molar-refractivity contribution < 1.29 is 24.1 Å². The van der Waals surface area contributed by atoms with Gasteiger partial charge in [0, 0.05) is 0 Å². The van der Waals surface area contributed by atoms with Gasteiger partial charge in [-0.05, 0) is 53.8 Å². The summed E-state index contributed by atoms with van der Waals surface area (Å²) in [6.45, 7) is 8.70. The summed E-state index contributed by atoms with van der Waals surface area (Å²) >= 11 is 0. The van der Waals surface area contributed by atoms with Crippen LogP contribution in [-0.4, -0.2) is 36.5 Å². The summed E-state index contributed by atoms with van der Waals surface area (Å²) in [5.74, 6) is 1.18. The van der Waals surface area contributed by atoms with Gasteiger partial charge in [0.15, 0.2) is 23.0 Å². The standard InChI is InChI=1S/C22H26N2O5/c1-5-27-18-10-14(6-8-16(18)25)12-23-24-21(26)20-13-28-17-9-7-15(22(2,3)4)11-19(17)29-20/h6-12,20,25H,5,13H2,1-4H3,(H,24,26)/b23-12+. The van der Waals surface area contributed by atoms with E-state index < -0.39 is 12.0 Å². The number of nitrogens with zero attached hydrogens (tertiary/aromatic N) is 1. The molecular formula is C22H26N2O5. The van der Waals surface area contributed by atoms with Gasteiger partial charge in [0.1, 0.15) is 6.61 Å². The van der Waals surface area contributed by atoms with Gasteiger partial charge in [-0.1, -0.05) is 26.8 Å². The highest BCUT2D eigenvalue weighted by molar-refractivity contribution is 5.85. The molecule has 0 fully saturated rings. The van der Waals surface area contributed by atoms with Crippen LogP contribution in [0.1, 0.15) is 38.8 Å². The number of phenols is 1. The SMILES string of the molecule is CCOc1cc(/C=N/NC(=O)C2COc3ccc(C(C)(C)C)cc3O2)ccc1O. The Morgan fingerprint density at radius 3 is 2.79 bits per heavy atom. The molecule has 0 radical (unpaired) electrons. The molecule has 1 aliphatic heterocycles. The second-order valence-corrected chi connectivity index (χ2v) is 7.72. The molecule has 1 heterocycles. The monoisotopic (exact) mass is 398 g/mol. The van der Waals surface area contributed by atoms with Gasteiger partial charge in [-0.25, -0.2) is 5.43 Å². The van der Waals surface area contributed by atoms with E-state index in [-0.39, 0.29) is 17.8 Å². The highest BCUT2D eigenvalue weighted by Gasteiger charge is 2.28. The Kier molecular flexibility index (Phi) is 5.96. The molecule has 0 spiro atoms. The maximum absolute atomic E-state index is 12.4. The molecule has 3 rings (SSSR count). The first-order valence-corrected chi connectivity index (χ1v) is 9.50. The molecule has 2 N–H and O–H groups in total. The van der Waals surface area contributed by atoms with Crippen LogP contribution in [0.2, 0.25) is 0 Å². The summed E-state index contributed by atoms with van der Waals surface area (Å²) in [5.41, 5.74) is 4.19. The molecule has 1 atom stereocenters. The first kappa shape index (κ1) is 20.5. The highest BCUT2D eigenvalue weighted by atomic mass is 16.6. The van der Waals surface area contributed by atoms with E-state index in [1.165, 1.54) is 12.3 Å². The van der Waals surface area contributed by atoms with Gasteiger partial charge in [-0.3, -0.25) is 4.79 Å². The summed E-state index contributed by atoms with van der Waals surface area (Å²) in [6, 6.07) is 10.6. The fourth-order valence-corrected chi connectivity index (χ4v) is 2.79. The van der Waals surface area contributed by atoms with E-state index in [0.717, 1.165) is 5.56 Å². The largest absolute Gasteiger partial charge is 0.504 e. The highest BCUT2D eigenvalue weighted by Crippen LogP contribution is 2.36. The fourth-order valence-electron chi connectivity index (χ4n) is 2.79. The molecule has 2 aromatic rings. The number of aromatic hydroxyl groups is 1. The second kappa shape index (κ2) is 8.43. The van der Waals surface area contributed by atoms with Crippen LogP contribution in [-0.2, 0) is 10.2 Å². The lowest BCUT2D eigenvalue weighted by Crippen LogP contribution is -2.42. The third kappa shape index (κ3) is 4.99. The minimum Gasteiger partial charge on any atom is -0.504 e. The van der Waals surface area contributed by atoms with Crippen LogP contribution in [0, 0.1) is 0 Å². The van der Waals surface area contributed by atoms with Gasteiger partial charge < -0.3 is 19.3 Å². The van der Waals surface area contributed by atoms with Crippen molar-refractivity contribution in [2.24, 2.45) is 5.10 Å². The number of carbonyl (C=O) groups excluding carboxylic acids is 1. The summed E-state index contributed by atoms with van der Waals surface area (Å²) in [4.78, 5) is 12.4. The van der Waals surface area contributed by atoms with E-state index in [1.54, 1.807) is 12.1 Å². The van der Waals surface area contributed by atoms with Crippen LogP contribution in [0.15, 0.2) is 41.5 Å².